The minimum Gasteiger partial charge on any atom is -0.370 e. The second-order valence-electron chi connectivity index (χ2n) is 4.71. The summed E-state index contributed by atoms with van der Waals surface area (Å²) in [7, 11) is 0. The van der Waals surface area contributed by atoms with Crippen LogP contribution in [0.3, 0.4) is 0 Å². The number of aromatic amines is 1. The fourth-order valence-electron chi connectivity index (χ4n) is 2.56. The molecule has 1 aliphatic heterocycles. The van der Waals surface area contributed by atoms with Gasteiger partial charge < -0.3 is 9.88 Å². The summed E-state index contributed by atoms with van der Waals surface area (Å²) in [5.74, 6) is 0.206. The molecule has 2 aromatic heterocycles. The van der Waals surface area contributed by atoms with Crippen molar-refractivity contribution in [2.75, 3.05) is 18.0 Å². The Kier molecular flexibility index (Phi) is 3.67. The molecule has 0 aliphatic carbocycles. The summed E-state index contributed by atoms with van der Waals surface area (Å²) in [4.78, 5) is 9.96. The number of anilines is 1. The highest BCUT2D eigenvalue weighted by atomic mass is 127. The molecule has 0 amide bonds. The summed E-state index contributed by atoms with van der Waals surface area (Å²) in [6.07, 6.45) is 5.71. The van der Waals surface area contributed by atoms with E-state index in [-0.39, 0.29) is 5.92 Å². The first kappa shape index (κ1) is 13.2. The van der Waals surface area contributed by atoms with E-state index in [2.05, 4.69) is 59.5 Å². The number of halogens is 2. The molecule has 0 bridgehead atoms. The minimum absolute atomic E-state index is 0.206. The fraction of sp³-hybridized carbons (Fsp3) is 0.385. The van der Waals surface area contributed by atoms with E-state index in [9.17, 15) is 0 Å². The summed E-state index contributed by atoms with van der Waals surface area (Å²) in [6.45, 7) is 1.86. The molecule has 0 atom stereocenters. The highest BCUT2D eigenvalue weighted by molar-refractivity contribution is 14.1. The van der Waals surface area contributed by atoms with E-state index in [4.69, 9.17) is 5.26 Å². The zero-order valence-corrected chi connectivity index (χ0v) is 13.9. The van der Waals surface area contributed by atoms with Crippen molar-refractivity contribution in [3.8, 4) is 6.07 Å². The molecule has 3 rings (SSSR count). The molecule has 0 aromatic carbocycles. The Morgan fingerprint density at radius 3 is 2.89 bits per heavy atom. The van der Waals surface area contributed by atoms with E-state index in [0.29, 0.717) is 0 Å². The van der Waals surface area contributed by atoms with Crippen LogP contribution in [-0.2, 0) is 0 Å². The number of pyridine rings is 1. The number of fused-ring (bicyclic) bond motifs is 1. The van der Waals surface area contributed by atoms with Crippen LogP contribution >= 0.6 is 38.5 Å². The molecule has 19 heavy (non-hydrogen) atoms. The molecule has 0 radical (unpaired) electrons. The number of nitrogens with one attached hydrogen (secondary N) is 1. The Bertz CT molecular complexity index is 652. The molecule has 1 aliphatic rings. The van der Waals surface area contributed by atoms with Crippen LogP contribution in [0.5, 0.6) is 0 Å². The standard InChI is InChI=1S/C13H12BrIN4/c14-9-6-17-13-11(10(15)7-18-13)12(9)19-3-1-8(5-16)2-4-19/h6-8H,1-4H2,(H,17,18). The number of hydrogen-bond acceptors (Lipinski definition) is 3. The molecule has 98 valence electrons. The Labute approximate surface area is 133 Å². The van der Waals surface area contributed by atoms with Crippen LogP contribution in [0.1, 0.15) is 12.8 Å². The second-order valence-corrected chi connectivity index (χ2v) is 6.72. The number of H-pyrrole nitrogens is 1. The molecule has 2 aromatic rings. The zero-order chi connectivity index (χ0) is 13.4. The molecule has 4 nitrogen and oxygen atoms in total. The molecule has 1 N–H and O–H groups in total. The number of hydrogen-bond donors (Lipinski definition) is 1. The number of nitriles is 1. The van der Waals surface area contributed by atoms with Crippen molar-refractivity contribution in [1.29, 1.82) is 5.26 Å². The van der Waals surface area contributed by atoms with Crippen LogP contribution in [-0.4, -0.2) is 23.1 Å². The van der Waals surface area contributed by atoms with Gasteiger partial charge in [0.1, 0.15) is 5.65 Å². The average Bonchev–Trinajstić information content (AvgIpc) is 2.81. The van der Waals surface area contributed by atoms with Crippen molar-refractivity contribution >= 4 is 55.2 Å². The Hall–Kier alpha value is -0.810. The van der Waals surface area contributed by atoms with Gasteiger partial charge in [0.05, 0.1) is 21.6 Å². The van der Waals surface area contributed by atoms with Crippen LogP contribution in [0.4, 0.5) is 5.69 Å². The maximum atomic E-state index is 8.99. The second kappa shape index (κ2) is 5.29. The molecule has 1 saturated heterocycles. The van der Waals surface area contributed by atoms with Crippen molar-refractivity contribution in [3.05, 3.63) is 20.4 Å². The Morgan fingerprint density at radius 1 is 1.47 bits per heavy atom. The maximum absolute atomic E-state index is 8.99. The summed E-state index contributed by atoms with van der Waals surface area (Å²) in [6, 6.07) is 2.38. The summed E-state index contributed by atoms with van der Waals surface area (Å²) < 4.78 is 2.20. The first-order valence-electron chi connectivity index (χ1n) is 6.16. The topological polar surface area (TPSA) is 55.7 Å². The molecule has 1 fully saturated rings. The number of rotatable bonds is 1. The minimum atomic E-state index is 0.206. The third-order valence-corrected chi connectivity index (χ3v) is 5.01. The smallest absolute Gasteiger partial charge is 0.140 e. The fourth-order valence-corrected chi connectivity index (χ4v) is 3.78. The van der Waals surface area contributed by atoms with Gasteiger partial charge in [-0.15, -0.1) is 0 Å². The molecular formula is C13H12BrIN4. The molecule has 3 heterocycles. The number of nitrogens with zero attached hydrogens (tertiary/aromatic N) is 3. The Balaban J connectivity index is 2.03. The van der Waals surface area contributed by atoms with Gasteiger partial charge in [0.15, 0.2) is 0 Å². The Morgan fingerprint density at radius 2 is 2.21 bits per heavy atom. The molecular weight excluding hydrogens is 419 g/mol. The highest BCUT2D eigenvalue weighted by Crippen LogP contribution is 2.37. The lowest BCUT2D eigenvalue weighted by Gasteiger charge is -2.32. The van der Waals surface area contributed by atoms with Gasteiger partial charge in [0.2, 0.25) is 0 Å². The molecule has 0 unspecified atom stereocenters. The normalized spacial score (nSPS) is 16.8. The lowest BCUT2D eigenvalue weighted by atomic mass is 9.98. The van der Waals surface area contributed by atoms with Crippen LogP contribution in [0.2, 0.25) is 0 Å². The van der Waals surface area contributed by atoms with Crippen molar-refractivity contribution in [1.82, 2.24) is 9.97 Å². The SMILES string of the molecule is N#CC1CCN(c2c(Br)cnc3[nH]cc(I)c23)CC1. The van der Waals surface area contributed by atoms with Gasteiger partial charge in [0.25, 0.3) is 0 Å². The van der Waals surface area contributed by atoms with Crippen LogP contribution in [0.15, 0.2) is 16.9 Å². The zero-order valence-electron chi connectivity index (χ0n) is 10.2. The number of aromatic nitrogens is 2. The maximum Gasteiger partial charge on any atom is 0.140 e. The van der Waals surface area contributed by atoms with Crippen LogP contribution in [0.25, 0.3) is 11.0 Å². The van der Waals surface area contributed by atoms with Crippen molar-refractivity contribution in [2.45, 2.75) is 12.8 Å². The van der Waals surface area contributed by atoms with Gasteiger partial charge in [-0.3, -0.25) is 0 Å². The van der Waals surface area contributed by atoms with Gasteiger partial charge in [-0.2, -0.15) is 5.26 Å². The van der Waals surface area contributed by atoms with Gasteiger partial charge in [-0.25, -0.2) is 4.98 Å². The number of piperidine rings is 1. The van der Waals surface area contributed by atoms with Crippen LogP contribution < -0.4 is 4.90 Å². The summed E-state index contributed by atoms with van der Waals surface area (Å²) >= 11 is 5.95. The van der Waals surface area contributed by atoms with Crippen molar-refractivity contribution < 1.29 is 0 Å². The summed E-state index contributed by atoms with van der Waals surface area (Å²) in [5.41, 5.74) is 2.12. The van der Waals surface area contributed by atoms with E-state index in [1.807, 2.05) is 12.4 Å². The third-order valence-electron chi connectivity index (χ3n) is 3.58. The molecule has 0 saturated carbocycles. The van der Waals surface area contributed by atoms with Crippen molar-refractivity contribution in [2.24, 2.45) is 5.92 Å². The van der Waals surface area contributed by atoms with E-state index >= 15 is 0 Å². The molecule has 0 spiro atoms. The lowest BCUT2D eigenvalue weighted by Crippen LogP contribution is -2.33. The summed E-state index contributed by atoms with van der Waals surface area (Å²) in [5, 5.41) is 10.2. The first-order chi connectivity index (χ1) is 9.20. The predicted octanol–water partition coefficient (Wildman–Crippen LogP) is 3.67. The van der Waals surface area contributed by atoms with Gasteiger partial charge in [-0.1, -0.05) is 0 Å². The van der Waals surface area contributed by atoms with Crippen molar-refractivity contribution in [3.63, 3.8) is 0 Å². The van der Waals surface area contributed by atoms with E-state index in [1.165, 1.54) is 14.6 Å². The highest BCUT2D eigenvalue weighted by Gasteiger charge is 2.23. The van der Waals surface area contributed by atoms with E-state index in [0.717, 1.165) is 36.1 Å². The first-order valence-corrected chi connectivity index (χ1v) is 8.03. The predicted molar refractivity (Wildman–Crippen MR) is 87.1 cm³/mol. The van der Waals surface area contributed by atoms with E-state index < -0.39 is 0 Å². The quantitative estimate of drug-likeness (QED) is 0.702. The largest absolute Gasteiger partial charge is 0.370 e. The average molecular weight is 431 g/mol. The van der Waals surface area contributed by atoms with Crippen LogP contribution in [0, 0.1) is 20.8 Å². The monoisotopic (exact) mass is 430 g/mol. The van der Waals surface area contributed by atoms with E-state index in [1.54, 1.807) is 0 Å². The van der Waals surface area contributed by atoms with Gasteiger partial charge in [0, 0.05) is 35.0 Å². The third kappa shape index (κ3) is 2.34. The van der Waals surface area contributed by atoms with Gasteiger partial charge in [-0.05, 0) is 51.4 Å². The lowest BCUT2D eigenvalue weighted by molar-refractivity contribution is 0.488. The molecule has 6 heteroatoms. The van der Waals surface area contributed by atoms with Gasteiger partial charge >= 0.3 is 0 Å².